The molecule has 18 heavy (non-hydrogen) atoms. The molecule has 8 heteroatoms. The highest BCUT2D eigenvalue weighted by atomic mass is 16.6. The Labute approximate surface area is 102 Å². The van der Waals surface area contributed by atoms with E-state index in [9.17, 15) is 10.1 Å². The van der Waals surface area contributed by atoms with Crippen LogP contribution < -0.4 is 10.1 Å². The fourth-order valence-electron chi connectivity index (χ4n) is 1.62. The molecule has 1 aromatic carbocycles. The summed E-state index contributed by atoms with van der Waals surface area (Å²) in [5, 5.41) is 20.9. The minimum atomic E-state index is -0.534. The van der Waals surface area contributed by atoms with Crippen molar-refractivity contribution >= 4 is 16.7 Å². The van der Waals surface area contributed by atoms with E-state index in [0.29, 0.717) is 12.3 Å². The maximum absolute atomic E-state index is 10.8. The van der Waals surface area contributed by atoms with E-state index in [1.165, 1.54) is 12.1 Å². The maximum Gasteiger partial charge on any atom is 0.301 e. The van der Waals surface area contributed by atoms with Gasteiger partial charge in [0.2, 0.25) is 5.52 Å². The zero-order valence-electron chi connectivity index (χ0n) is 9.91. The average molecular weight is 252 g/mol. The zero-order valence-corrected chi connectivity index (χ0v) is 9.91. The summed E-state index contributed by atoms with van der Waals surface area (Å²) in [6.45, 7) is 2.51. The molecule has 1 heterocycles. The smallest absolute Gasteiger partial charge is 0.301 e. The number of aromatic nitrogens is 2. The molecular weight excluding hydrogens is 240 g/mol. The van der Waals surface area contributed by atoms with Crippen LogP contribution in [0.2, 0.25) is 0 Å². The molecule has 96 valence electrons. The van der Waals surface area contributed by atoms with Crippen LogP contribution in [-0.2, 0) is 0 Å². The van der Waals surface area contributed by atoms with Crippen molar-refractivity contribution in [3.63, 3.8) is 0 Å². The number of ether oxygens (including phenoxy) is 1. The summed E-state index contributed by atoms with van der Waals surface area (Å²) in [7, 11) is 1.81. The van der Waals surface area contributed by atoms with Gasteiger partial charge in [-0.3, -0.25) is 10.1 Å². The van der Waals surface area contributed by atoms with Gasteiger partial charge in [0, 0.05) is 12.6 Å². The number of nitro benzene ring substituents is 1. The quantitative estimate of drug-likeness (QED) is 0.628. The molecule has 0 saturated heterocycles. The van der Waals surface area contributed by atoms with Crippen molar-refractivity contribution in [1.29, 1.82) is 0 Å². The lowest BCUT2D eigenvalue weighted by molar-refractivity contribution is -0.383. The molecule has 0 spiro atoms. The maximum atomic E-state index is 10.8. The van der Waals surface area contributed by atoms with Gasteiger partial charge >= 0.3 is 5.69 Å². The van der Waals surface area contributed by atoms with Crippen LogP contribution in [0.5, 0.6) is 5.75 Å². The van der Waals surface area contributed by atoms with E-state index in [2.05, 4.69) is 20.3 Å². The Morgan fingerprint density at radius 2 is 2.22 bits per heavy atom. The first-order chi connectivity index (χ1) is 8.63. The Kier molecular flexibility index (Phi) is 3.38. The van der Waals surface area contributed by atoms with Gasteiger partial charge < -0.3 is 10.1 Å². The van der Waals surface area contributed by atoms with Crippen molar-refractivity contribution in [2.45, 2.75) is 13.0 Å². The van der Waals surface area contributed by atoms with Gasteiger partial charge in [-0.05, 0) is 30.4 Å². The van der Waals surface area contributed by atoms with Gasteiger partial charge in [-0.1, -0.05) is 0 Å². The SMILES string of the molecule is CNCC(C)Oc1ccc([N+](=O)[O-])c2nonc12. The topological polar surface area (TPSA) is 103 Å². The van der Waals surface area contributed by atoms with Crippen molar-refractivity contribution in [3.8, 4) is 5.75 Å². The van der Waals surface area contributed by atoms with E-state index >= 15 is 0 Å². The van der Waals surface area contributed by atoms with Gasteiger partial charge in [-0.15, -0.1) is 0 Å². The summed E-state index contributed by atoms with van der Waals surface area (Å²) in [5.41, 5.74) is 0.196. The van der Waals surface area contributed by atoms with Crippen LogP contribution in [0.3, 0.4) is 0 Å². The summed E-state index contributed by atoms with van der Waals surface area (Å²) >= 11 is 0. The Morgan fingerprint density at radius 1 is 1.50 bits per heavy atom. The number of fused-ring (bicyclic) bond motifs is 1. The van der Waals surface area contributed by atoms with Crippen molar-refractivity contribution < 1.29 is 14.3 Å². The zero-order chi connectivity index (χ0) is 13.1. The summed E-state index contributed by atoms with van der Waals surface area (Å²) in [6.07, 6.45) is -0.101. The molecule has 8 nitrogen and oxygen atoms in total. The Balaban J connectivity index is 2.38. The van der Waals surface area contributed by atoms with Gasteiger partial charge in [0.1, 0.15) is 6.10 Å². The first kappa shape index (κ1) is 12.2. The number of nitrogens with zero attached hydrogens (tertiary/aromatic N) is 3. The van der Waals surface area contributed by atoms with E-state index in [0.717, 1.165) is 0 Å². The predicted octanol–water partition coefficient (Wildman–Crippen LogP) is 1.12. The second kappa shape index (κ2) is 4.96. The van der Waals surface area contributed by atoms with Crippen LogP contribution in [0.15, 0.2) is 16.8 Å². The minimum absolute atomic E-state index is 0.0918. The molecule has 0 bridgehead atoms. The van der Waals surface area contributed by atoms with Crippen molar-refractivity contribution in [3.05, 3.63) is 22.2 Å². The van der Waals surface area contributed by atoms with Crippen LogP contribution in [0.1, 0.15) is 6.92 Å². The predicted molar refractivity (Wildman–Crippen MR) is 62.5 cm³/mol. The number of nitro groups is 1. The number of likely N-dealkylation sites (N-methyl/N-ethyl adjacent to an activating group) is 1. The Bertz CT molecular complexity index is 568. The number of nitrogens with one attached hydrogen (secondary N) is 1. The lowest BCUT2D eigenvalue weighted by Crippen LogP contribution is -2.26. The molecular formula is C10H12N4O4. The summed E-state index contributed by atoms with van der Waals surface area (Å²) in [5.74, 6) is 0.416. The average Bonchev–Trinajstić information content (AvgIpc) is 2.78. The van der Waals surface area contributed by atoms with Gasteiger partial charge in [0.25, 0.3) is 0 Å². The highest BCUT2D eigenvalue weighted by Gasteiger charge is 2.21. The summed E-state index contributed by atoms with van der Waals surface area (Å²) in [6, 6.07) is 2.82. The second-order valence-electron chi connectivity index (χ2n) is 3.79. The van der Waals surface area contributed by atoms with Gasteiger partial charge in [0.15, 0.2) is 11.3 Å². The van der Waals surface area contributed by atoms with Crippen molar-refractivity contribution in [2.24, 2.45) is 0 Å². The number of benzene rings is 1. The fourth-order valence-corrected chi connectivity index (χ4v) is 1.62. The standard InChI is InChI=1S/C10H12N4O4/c1-6(5-11-2)17-8-4-3-7(14(15)16)9-10(8)13-18-12-9/h3-4,6,11H,5H2,1-2H3. The Hall–Kier alpha value is -2.22. The highest BCUT2D eigenvalue weighted by Crippen LogP contribution is 2.30. The van der Waals surface area contributed by atoms with Crippen molar-refractivity contribution in [1.82, 2.24) is 15.6 Å². The number of non-ortho nitro benzene ring substituents is 1. The van der Waals surface area contributed by atoms with Crippen molar-refractivity contribution in [2.75, 3.05) is 13.6 Å². The highest BCUT2D eigenvalue weighted by molar-refractivity contribution is 5.88. The van der Waals surface area contributed by atoms with Gasteiger partial charge in [0.05, 0.1) is 4.92 Å². The molecule has 2 aromatic rings. The normalized spacial score (nSPS) is 12.6. The first-order valence-corrected chi connectivity index (χ1v) is 5.34. The molecule has 1 atom stereocenters. The molecule has 2 rings (SSSR count). The number of rotatable bonds is 5. The van der Waals surface area contributed by atoms with Crippen LogP contribution >= 0.6 is 0 Å². The monoisotopic (exact) mass is 252 g/mol. The van der Waals surface area contributed by atoms with E-state index in [1.807, 2.05) is 14.0 Å². The van der Waals surface area contributed by atoms with E-state index in [4.69, 9.17) is 4.74 Å². The Morgan fingerprint density at radius 3 is 2.89 bits per heavy atom. The molecule has 0 amide bonds. The molecule has 0 fully saturated rings. The van der Waals surface area contributed by atoms with Crippen LogP contribution in [0, 0.1) is 10.1 Å². The largest absolute Gasteiger partial charge is 0.487 e. The summed E-state index contributed by atoms with van der Waals surface area (Å²) < 4.78 is 10.2. The number of hydrogen-bond acceptors (Lipinski definition) is 7. The van der Waals surface area contributed by atoms with Gasteiger partial charge in [-0.25, -0.2) is 4.63 Å². The lowest BCUT2D eigenvalue weighted by atomic mass is 10.2. The molecule has 0 saturated carbocycles. The molecule has 0 aliphatic rings. The molecule has 1 unspecified atom stereocenters. The first-order valence-electron chi connectivity index (χ1n) is 5.34. The third kappa shape index (κ3) is 2.23. The molecule has 1 N–H and O–H groups in total. The van der Waals surface area contributed by atoms with E-state index < -0.39 is 4.92 Å². The van der Waals surface area contributed by atoms with Crippen LogP contribution in [0.4, 0.5) is 5.69 Å². The lowest BCUT2D eigenvalue weighted by Gasteiger charge is -2.13. The van der Waals surface area contributed by atoms with Crippen LogP contribution in [-0.4, -0.2) is 34.9 Å². The minimum Gasteiger partial charge on any atom is -0.487 e. The fraction of sp³-hybridized carbons (Fsp3) is 0.400. The third-order valence-electron chi connectivity index (χ3n) is 2.37. The third-order valence-corrected chi connectivity index (χ3v) is 2.37. The van der Waals surface area contributed by atoms with E-state index in [1.54, 1.807) is 0 Å². The van der Waals surface area contributed by atoms with Crippen LogP contribution in [0.25, 0.3) is 11.0 Å². The summed E-state index contributed by atoms with van der Waals surface area (Å²) in [4.78, 5) is 10.3. The second-order valence-corrected chi connectivity index (χ2v) is 3.79. The van der Waals surface area contributed by atoms with E-state index in [-0.39, 0.29) is 22.8 Å². The molecule has 0 radical (unpaired) electrons. The molecule has 0 aliphatic heterocycles. The van der Waals surface area contributed by atoms with Gasteiger partial charge in [-0.2, -0.15) is 0 Å². The molecule has 0 aliphatic carbocycles. The molecule has 1 aromatic heterocycles. The number of hydrogen-bond donors (Lipinski definition) is 1.